The highest BCUT2D eigenvalue weighted by atomic mass is 19.1. The summed E-state index contributed by atoms with van der Waals surface area (Å²) in [6, 6.07) is 9.99. The van der Waals surface area contributed by atoms with E-state index in [1.165, 1.54) is 12.3 Å². The highest BCUT2D eigenvalue weighted by Gasteiger charge is 2.25. The normalized spacial score (nSPS) is 14.3. The maximum atomic E-state index is 13.2. The maximum Gasteiger partial charge on any atom is 0.321 e. The molecule has 0 bridgehead atoms. The van der Waals surface area contributed by atoms with Gasteiger partial charge in [0.2, 0.25) is 5.95 Å². The maximum absolute atomic E-state index is 13.2. The zero-order chi connectivity index (χ0) is 17.8. The minimum Gasteiger partial charge on any atom is -0.335 e. The van der Waals surface area contributed by atoms with Crippen LogP contribution in [0.1, 0.15) is 15.9 Å². The first kappa shape index (κ1) is 16.9. The van der Waals surface area contributed by atoms with Crippen molar-refractivity contribution in [3.05, 3.63) is 59.7 Å². The van der Waals surface area contributed by atoms with Crippen LogP contribution in [0, 0.1) is 12.9 Å². The SMILES string of the molecule is Cc1ccc(NC(=O)N2CCN(C(=O)c3ccnc(F)c3)CC2)cc1. The lowest BCUT2D eigenvalue weighted by Gasteiger charge is -2.34. The van der Waals surface area contributed by atoms with Crippen LogP contribution in [0.2, 0.25) is 0 Å². The lowest BCUT2D eigenvalue weighted by molar-refractivity contribution is 0.0671. The van der Waals surface area contributed by atoms with E-state index in [-0.39, 0.29) is 17.5 Å². The average Bonchev–Trinajstić information content (AvgIpc) is 2.63. The van der Waals surface area contributed by atoms with Gasteiger partial charge in [-0.3, -0.25) is 4.79 Å². The van der Waals surface area contributed by atoms with Gasteiger partial charge in [-0.2, -0.15) is 4.39 Å². The van der Waals surface area contributed by atoms with Crippen molar-refractivity contribution >= 4 is 17.6 Å². The predicted molar refractivity (Wildman–Crippen MR) is 91.9 cm³/mol. The van der Waals surface area contributed by atoms with E-state index in [2.05, 4.69) is 10.3 Å². The Hall–Kier alpha value is -2.96. The van der Waals surface area contributed by atoms with E-state index in [9.17, 15) is 14.0 Å². The van der Waals surface area contributed by atoms with Crippen LogP contribution in [-0.4, -0.2) is 52.9 Å². The minimum absolute atomic E-state index is 0.189. The summed E-state index contributed by atoms with van der Waals surface area (Å²) in [5.41, 5.74) is 2.13. The van der Waals surface area contributed by atoms with Crippen molar-refractivity contribution in [2.24, 2.45) is 0 Å². The van der Waals surface area contributed by atoms with Gasteiger partial charge < -0.3 is 15.1 Å². The first-order valence-corrected chi connectivity index (χ1v) is 8.06. The van der Waals surface area contributed by atoms with Crippen molar-refractivity contribution in [3.63, 3.8) is 0 Å². The fourth-order valence-electron chi connectivity index (χ4n) is 2.67. The van der Waals surface area contributed by atoms with Crippen molar-refractivity contribution in [1.29, 1.82) is 0 Å². The van der Waals surface area contributed by atoms with Crippen molar-refractivity contribution in [2.75, 3.05) is 31.5 Å². The summed E-state index contributed by atoms with van der Waals surface area (Å²) in [4.78, 5) is 31.4. The van der Waals surface area contributed by atoms with Crippen LogP contribution in [0.5, 0.6) is 0 Å². The van der Waals surface area contributed by atoms with Crippen molar-refractivity contribution < 1.29 is 14.0 Å². The molecule has 1 fully saturated rings. The van der Waals surface area contributed by atoms with Crippen LogP contribution in [0.3, 0.4) is 0 Å². The fraction of sp³-hybridized carbons (Fsp3) is 0.278. The number of halogens is 1. The molecule has 0 atom stereocenters. The van der Waals surface area contributed by atoms with Gasteiger partial charge in [0, 0.05) is 49.7 Å². The van der Waals surface area contributed by atoms with Crippen LogP contribution in [0.15, 0.2) is 42.6 Å². The third kappa shape index (κ3) is 4.12. The molecule has 1 saturated heterocycles. The quantitative estimate of drug-likeness (QED) is 0.853. The molecule has 1 N–H and O–H groups in total. The molecule has 1 aromatic carbocycles. The molecule has 3 amide bonds. The second kappa shape index (κ2) is 7.29. The molecule has 0 aliphatic carbocycles. The van der Waals surface area contributed by atoms with E-state index >= 15 is 0 Å². The Morgan fingerprint density at radius 1 is 1.04 bits per heavy atom. The zero-order valence-electron chi connectivity index (χ0n) is 13.9. The Kier molecular flexibility index (Phi) is 4.92. The Labute approximate surface area is 145 Å². The number of benzene rings is 1. The topological polar surface area (TPSA) is 65.5 Å². The highest BCUT2D eigenvalue weighted by molar-refractivity contribution is 5.94. The summed E-state index contributed by atoms with van der Waals surface area (Å²) < 4.78 is 13.2. The molecular weight excluding hydrogens is 323 g/mol. The smallest absolute Gasteiger partial charge is 0.321 e. The number of pyridine rings is 1. The van der Waals surface area contributed by atoms with Crippen molar-refractivity contribution in [1.82, 2.24) is 14.8 Å². The molecule has 0 spiro atoms. The zero-order valence-corrected chi connectivity index (χ0v) is 13.9. The third-order valence-corrected chi connectivity index (χ3v) is 4.13. The number of hydrogen-bond acceptors (Lipinski definition) is 3. The van der Waals surface area contributed by atoms with Gasteiger partial charge in [-0.25, -0.2) is 9.78 Å². The van der Waals surface area contributed by atoms with E-state index in [1.54, 1.807) is 9.80 Å². The molecule has 7 heteroatoms. The molecule has 1 aliphatic rings. The number of piperazine rings is 1. The molecule has 25 heavy (non-hydrogen) atoms. The van der Waals surface area contributed by atoms with E-state index in [0.29, 0.717) is 26.2 Å². The number of rotatable bonds is 2. The van der Waals surface area contributed by atoms with Crippen LogP contribution in [0.4, 0.5) is 14.9 Å². The number of carbonyl (C=O) groups is 2. The summed E-state index contributed by atoms with van der Waals surface area (Å²) in [6.45, 7) is 3.65. The van der Waals surface area contributed by atoms with Crippen LogP contribution in [-0.2, 0) is 0 Å². The van der Waals surface area contributed by atoms with Crippen molar-refractivity contribution in [3.8, 4) is 0 Å². The van der Waals surface area contributed by atoms with Gasteiger partial charge >= 0.3 is 6.03 Å². The Morgan fingerprint density at radius 2 is 1.68 bits per heavy atom. The standard InChI is InChI=1S/C18H19FN4O2/c1-13-2-4-15(5-3-13)21-18(25)23-10-8-22(9-11-23)17(24)14-6-7-20-16(19)12-14/h2-7,12H,8-11H2,1H3,(H,21,25). The first-order valence-electron chi connectivity index (χ1n) is 8.06. The van der Waals surface area contributed by atoms with Crippen LogP contribution >= 0.6 is 0 Å². The van der Waals surface area contributed by atoms with Gasteiger partial charge in [0.05, 0.1) is 0 Å². The molecule has 3 rings (SSSR count). The van der Waals surface area contributed by atoms with Crippen LogP contribution in [0.25, 0.3) is 0 Å². The summed E-state index contributed by atoms with van der Waals surface area (Å²) in [5, 5.41) is 2.85. The van der Waals surface area contributed by atoms with E-state index < -0.39 is 5.95 Å². The minimum atomic E-state index is -0.679. The largest absolute Gasteiger partial charge is 0.335 e. The number of anilines is 1. The first-order chi connectivity index (χ1) is 12.0. The van der Waals surface area contributed by atoms with Gasteiger partial charge in [0.25, 0.3) is 5.91 Å². The average molecular weight is 342 g/mol. The van der Waals surface area contributed by atoms with Gasteiger partial charge in [-0.15, -0.1) is 0 Å². The van der Waals surface area contributed by atoms with Gasteiger partial charge in [-0.05, 0) is 25.1 Å². The molecule has 0 radical (unpaired) electrons. The van der Waals surface area contributed by atoms with Gasteiger partial charge in [0.15, 0.2) is 0 Å². The molecule has 0 saturated carbocycles. The number of amides is 3. The van der Waals surface area contributed by atoms with E-state index in [4.69, 9.17) is 0 Å². The van der Waals surface area contributed by atoms with E-state index in [1.807, 2.05) is 31.2 Å². The molecule has 130 valence electrons. The Morgan fingerprint density at radius 3 is 2.32 bits per heavy atom. The predicted octanol–water partition coefficient (Wildman–Crippen LogP) is 2.52. The summed E-state index contributed by atoms with van der Waals surface area (Å²) in [7, 11) is 0. The lowest BCUT2D eigenvalue weighted by Crippen LogP contribution is -2.51. The number of nitrogens with zero attached hydrogens (tertiary/aromatic N) is 3. The van der Waals surface area contributed by atoms with Crippen molar-refractivity contribution in [2.45, 2.75) is 6.92 Å². The molecule has 6 nitrogen and oxygen atoms in total. The summed E-state index contributed by atoms with van der Waals surface area (Å²) in [5.74, 6) is -0.929. The highest BCUT2D eigenvalue weighted by Crippen LogP contribution is 2.12. The number of hydrogen-bond donors (Lipinski definition) is 1. The molecule has 1 aliphatic heterocycles. The van der Waals surface area contributed by atoms with Gasteiger partial charge in [-0.1, -0.05) is 17.7 Å². The second-order valence-electron chi connectivity index (χ2n) is 5.94. The summed E-state index contributed by atoms with van der Waals surface area (Å²) >= 11 is 0. The molecule has 2 heterocycles. The number of aromatic nitrogens is 1. The monoisotopic (exact) mass is 342 g/mol. The van der Waals surface area contributed by atoms with E-state index in [0.717, 1.165) is 17.3 Å². The Balaban J connectivity index is 1.55. The second-order valence-corrected chi connectivity index (χ2v) is 5.94. The number of nitrogens with one attached hydrogen (secondary N) is 1. The molecule has 1 aromatic heterocycles. The van der Waals surface area contributed by atoms with Gasteiger partial charge in [0.1, 0.15) is 0 Å². The lowest BCUT2D eigenvalue weighted by atomic mass is 10.2. The molecule has 0 unspecified atom stereocenters. The summed E-state index contributed by atoms with van der Waals surface area (Å²) in [6.07, 6.45) is 1.27. The number of carbonyl (C=O) groups excluding carboxylic acids is 2. The third-order valence-electron chi connectivity index (χ3n) is 4.13. The Bertz CT molecular complexity index is 771. The number of aryl methyl sites for hydroxylation is 1. The van der Waals surface area contributed by atoms with Crippen LogP contribution < -0.4 is 5.32 Å². The molecular formula is C18H19FN4O2. The number of urea groups is 1. The fourth-order valence-corrected chi connectivity index (χ4v) is 2.67. The molecule has 2 aromatic rings.